The molecule has 1 fully saturated rings. The minimum absolute atomic E-state index is 0.295. The number of anilines is 1. The molecule has 3 N–H and O–H groups in total. The highest BCUT2D eigenvalue weighted by molar-refractivity contribution is 5.87. The first-order valence-corrected chi connectivity index (χ1v) is 13.1. The van der Waals surface area contributed by atoms with Crippen LogP contribution < -0.4 is 5.73 Å². The SMILES string of the molecule is CC(C)c1ccc2nc(-c3cccnc3N)n(-c3ccc(C4CN(Cc5ccc(C(=O)O)cc5)C4)cc3)c2n1. The van der Waals surface area contributed by atoms with Gasteiger partial charge in [0, 0.05) is 43.1 Å². The van der Waals surface area contributed by atoms with Crippen LogP contribution in [-0.2, 0) is 6.54 Å². The summed E-state index contributed by atoms with van der Waals surface area (Å²) in [7, 11) is 0. The van der Waals surface area contributed by atoms with E-state index in [4.69, 9.17) is 20.8 Å². The first-order valence-electron chi connectivity index (χ1n) is 13.1. The average Bonchev–Trinajstić information content (AvgIpc) is 3.29. The highest BCUT2D eigenvalue weighted by Crippen LogP contribution is 2.33. The molecule has 6 rings (SSSR count). The van der Waals surface area contributed by atoms with Crippen LogP contribution in [0.3, 0.4) is 0 Å². The maximum atomic E-state index is 11.1. The van der Waals surface area contributed by atoms with Crippen LogP contribution in [0.2, 0.25) is 0 Å². The fraction of sp³-hybridized carbons (Fsp3) is 0.226. The van der Waals surface area contributed by atoms with Crippen molar-refractivity contribution >= 4 is 23.0 Å². The van der Waals surface area contributed by atoms with E-state index in [1.807, 2.05) is 36.4 Å². The zero-order valence-corrected chi connectivity index (χ0v) is 22.0. The van der Waals surface area contributed by atoms with Crippen LogP contribution >= 0.6 is 0 Å². The Morgan fingerprint density at radius 2 is 1.74 bits per heavy atom. The summed E-state index contributed by atoms with van der Waals surface area (Å²) in [6.07, 6.45) is 1.68. The number of carboxylic acid groups (broad SMARTS) is 1. The van der Waals surface area contributed by atoms with E-state index in [0.29, 0.717) is 23.2 Å². The Bertz CT molecular complexity index is 1650. The number of likely N-dealkylation sites (tertiary alicyclic amines) is 1. The summed E-state index contributed by atoms with van der Waals surface area (Å²) in [4.78, 5) is 27.6. The predicted molar refractivity (Wildman–Crippen MR) is 152 cm³/mol. The van der Waals surface area contributed by atoms with Crippen molar-refractivity contribution in [3.05, 3.63) is 101 Å². The maximum absolute atomic E-state index is 11.1. The van der Waals surface area contributed by atoms with Gasteiger partial charge < -0.3 is 10.8 Å². The predicted octanol–water partition coefficient (Wildman–Crippen LogP) is 5.49. The summed E-state index contributed by atoms with van der Waals surface area (Å²) >= 11 is 0. The van der Waals surface area contributed by atoms with Gasteiger partial charge in [0.1, 0.15) is 11.3 Å². The third-order valence-electron chi connectivity index (χ3n) is 7.38. The van der Waals surface area contributed by atoms with E-state index < -0.39 is 5.97 Å². The van der Waals surface area contributed by atoms with E-state index in [1.54, 1.807) is 18.3 Å². The number of fused-ring (bicyclic) bond motifs is 1. The lowest BCUT2D eigenvalue weighted by Gasteiger charge is -2.39. The van der Waals surface area contributed by atoms with Crippen LogP contribution in [0.15, 0.2) is 79.0 Å². The number of aromatic nitrogens is 4. The van der Waals surface area contributed by atoms with Gasteiger partial charge in [0.2, 0.25) is 0 Å². The van der Waals surface area contributed by atoms with Crippen molar-refractivity contribution in [2.24, 2.45) is 0 Å². The molecule has 8 nitrogen and oxygen atoms in total. The Kier molecular flexibility index (Phi) is 6.32. The minimum atomic E-state index is -0.898. The number of hydrogen-bond acceptors (Lipinski definition) is 6. The molecule has 2 aromatic carbocycles. The second kappa shape index (κ2) is 9.96. The zero-order chi connectivity index (χ0) is 27.1. The fourth-order valence-electron chi connectivity index (χ4n) is 5.14. The van der Waals surface area contributed by atoms with Gasteiger partial charge in [-0.05, 0) is 65.6 Å². The quantitative estimate of drug-likeness (QED) is 0.293. The van der Waals surface area contributed by atoms with Gasteiger partial charge in [-0.2, -0.15) is 0 Å². The van der Waals surface area contributed by atoms with Crippen LogP contribution in [-0.4, -0.2) is 48.6 Å². The van der Waals surface area contributed by atoms with E-state index >= 15 is 0 Å². The van der Waals surface area contributed by atoms with E-state index in [-0.39, 0.29) is 0 Å². The van der Waals surface area contributed by atoms with Gasteiger partial charge in [-0.25, -0.2) is 19.7 Å². The molecule has 1 aliphatic rings. The smallest absolute Gasteiger partial charge is 0.335 e. The molecule has 0 bridgehead atoms. The summed E-state index contributed by atoms with van der Waals surface area (Å²) in [5.74, 6) is 1.01. The normalized spacial score (nSPS) is 14.1. The number of nitrogen functional groups attached to an aromatic ring is 1. The number of aromatic carboxylic acids is 1. The van der Waals surface area contributed by atoms with Gasteiger partial charge in [-0.3, -0.25) is 9.47 Å². The monoisotopic (exact) mass is 518 g/mol. The second-order valence-electron chi connectivity index (χ2n) is 10.4. The van der Waals surface area contributed by atoms with Gasteiger partial charge in [0.15, 0.2) is 11.5 Å². The topological polar surface area (TPSA) is 110 Å². The zero-order valence-electron chi connectivity index (χ0n) is 22.0. The molecule has 8 heteroatoms. The Hall–Kier alpha value is -4.56. The summed E-state index contributed by atoms with van der Waals surface area (Å²) in [6, 6.07) is 23.6. The first-order chi connectivity index (χ1) is 18.9. The molecular formula is C31H30N6O2. The number of nitrogens with zero attached hydrogens (tertiary/aromatic N) is 5. The number of benzene rings is 2. The number of hydrogen-bond donors (Lipinski definition) is 2. The molecule has 0 amide bonds. The molecule has 0 atom stereocenters. The molecule has 0 radical (unpaired) electrons. The third-order valence-corrected chi connectivity index (χ3v) is 7.38. The Labute approximate surface area is 226 Å². The Morgan fingerprint density at radius 1 is 1.00 bits per heavy atom. The Morgan fingerprint density at radius 3 is 2.41 bits per heavy atom. The highest BCUT2D eigenvalue weighted by atomic mass is 16.4. The van der Waals surface area contributed by atoms with Gasteiger partial charge in [0.25, 0.3) is 0 Å². The molecule has 1 aliphatic heterocycles. The van der Waals surface area contributed by atoms with Crippen LogP contribution in [0.4, 0.5) is 5.82 Å². The van der Waals surface area contributed by atoms with Gasteiger partial charge in [-0.15, -0.1) is 0 Å². The molecule has 4 heterocycles. The number of nitrogens with two attached hydrogens (primary N) is 1. The van der Waals surface area contributed by atoms with E-state index in [0.717, 1.165) is 59.1 Å². The van der Waals surface area contributed by atoms with Crippen molar-refractivity contribution in [1.82, 2.24) is 24.4 Å². The molecular weight excluding hydrogens is 488 g/mol. The van der Waals surface area contributed by atoms with E-state index in [9.17, 15) is 4.79 Å². The van der Waals surface area contributed by atoms with Gasteiger partial charge >= 0.3 is 5.97 Å². The summed E-state index contributed by atoms with van der Waals surface area (Å²) in [5, 5.41) is 9.10. The first kappa shape index (κ1) is 24.8. The van der Waals surface area contributed by atoms with Crippen molar-refractivity contribution < 1.29 is 9.90 Å². The van der Waals surface area contributed by atoms with Gasteiger partial charge in [0.05, 0.1) is 11.1 Å². The second-order valence-corrected chi connectivity index (χ2v) is 10.4. The van der Waals surface area contributed by atoms with Crippen LogP contribution in [0.25, 0.3) is 28.2 Å². The van der Waals surface area contributed by atoms with Crippen LogP contribution in [0.5, 0.6) is 0 Å². The summed E-state index contributed by atoms with van der Waals surface area (Å²) < 4.78 is 2.08. The molecule has 196 valence electrons. The van der Waals surface area contributed by atoms with Crippen molar-refractivity contribution in [1.29, 1.82) is 0 Å². The molecule has 0 spiro atoms. The van der Waals surface area contributed by atoms with Crippen molar-refractivity contribution in [2.45, 2.75) is 32.2 Å². The van der Waals surface area contributed by atoms with Crippen molar-refractivity contribution in [3.63, 3.8) is 0 Å². The molecule has 0 unspecified atom stereocenters. The molecule has 0 saturated carbocycles. The number of imidazole rings is 1. The lowest BCUT2D eigenvalue weighted by atomic mass is 9.91. The van der Waals surface area contributed by atoms with Gasteiger partial charge in [-0.1, -0.05) is 38.1 Å². The molecule has 1 saturated heterocycles. The van der Waals surface area contributed by atoms with Crippen LogP contribution in [0.1, 0.15) is 52.9 Å². The van der Waals surface area contributed by atoms with Crippen LogP contribution in [0, 0.1) is 0 Å². The Balaban J connectivity index is 1.26. The third kappa shape index (κ3) is 4.75. The number of carbonyl (C=O) groups is 1. The molecule has 0 aliphatic carbocycles. The minimum Gasteiger partial charge on any atom is -0.478 e. The maximum Gasteiger partial charge on any atom is 0.335 e. The number of carboxylic acids is 1. The van der Waals surface area contributed by atoms with Crippen molar-refractivity contribution in [3.8, 4) is 17.1 Å². The van der Waals surface area contributed by atoms with E-state index in [2.05, 4.69) is 52.6 Å². The number of pyridine rings is 2. The standard InChI is InChI=1S/C31H30N6O2/c1-19(2)26-13-14-27-30(34-26)37(29(35-27)25-4-3-15-33-28(25)32)24-11-9-21(10-12-24)23-17-36(18-23)16-20-5-7-22(8-6-20)31(38)39/h3-15,19,23H,16-18H2,1-2H3,(H2,32,33)(H,38,39). The molecule has 5 aromatic rings. The number of rotatable bonds is 7. The van der Waals surface area contributed by atoms with E-state index in [1.165, 1.54) is 5.56 Å². The lowest BCUT2D eigenvalue weighted by molar-refractivity contribution is 0.0697. The fourth-order valence-corrected chi connectivity index (χ4v) is 5.14. The molecule has 3 aromatic heterocycles. The summed E-state index contributed by atoms with van der Waals surface area (Å²) in [5.41, 5.74) is 13.4. The summed E-state index contributed by atoms with van der Waals surface area (Å²) in [6.45, 7) is 7.01. The highest BCUT2D eigenvalue weighted by Gasteiger charge is 2.28. The lowest BCUT2D eigenvalue weighted by Crippen LogP contribution is -2.44. The largest absolute Gasteiger partial charge is 0.478 e. The average molecular weight is 519 g/mol. The molecule has 39 heavy (non-hydrogen) atoms. The van der Waals surface area contributed by atoms with Crippen molar-refractivity contribution in [2.75, 3.05) is 18.8 Å².